The van der Waals surface area contributed by atoms with E-state index in [0.717, 1.165) is 11.1 Å². The zero-order chi connectivity index (χ0) is 16.9. The maximum atomic E-state index is 12.1. The van der Waals surface area contributed by atoms with Gasteiger partial charge in [0.2, 0.25) is 0 Å². The molecule has 5 nitrogen and oxygen atoms in total. The molecule has 1 aromatic heterocycles. The van der Waals surface area contributed by atoms with Crippen LogP contribution in [0.4, 0.5) is 0 Å². The lowest BCUT2D eigenvalue weighted by Crippen LogP contribution is -2.17. The van der Waals surface area contributed by atoms with Gasteiger partial charge in [0.25, 0.3) is 5.91 Å². The van der Waals surface area contributed by atoms with Gasteiger partial charge in [-0.3, -0.25) is 9.89 Å². The van der Waals surface area contributed by atoms with Crippen molar-refractivity contribution in [3.63, 3.8) is 0 Å². The molecule has 2 aromatic carbocycles. The van der Waals surface area contributed by atoms with E-state index in [1.54, 1.807) is 36.4 Å². The van der Waals surface area contributed by atoms with E-state index in [2.05, 4.69) is 20.7 Å². The van der Waals surface area contributed by atoms with E-state index < -0.39 is 5.91 Å². The second kappa shape index (κ2) is 7.29. The van der Waals surface area contributed by atoms with Crippen LogP contribution in [-0.4, -0.2) is 22.3 Å². The molecule has 0 saturated heterocycles. The van der Waals surface area contributed by atoms with E-state index in [1.807, 2.05) is 18.2 Å². The van der Waals surface area contributed by atoms with E-state index in [4.69, 9.17) is 23.2 Å². The molecule has 2 N–H and O–H groups in total. The van der Waals surface area contributed by atoms with Crippen LogP contribution in [0.3, 0.4) is 0 Å². The fourth-order valence-electron chi connectivity index (χ4n) is 2.02. The zero-order valence-electron chi connectivity index (χ0n) is 12.3. The second-order valence-electron chi connectivity index (χ2n) is 4.90. The molecule has 0 aliphatic rings. The van der Waals surface area contributed by atoms with Crippen LogP contribution in [0.2, 0.25) is 10.0 Å². The van der Waals surface area contributed by atoms with Crippen molar-refractivity contribution in [1.29, 1.82) is 0 Å². The van der Waals surface area contributed by atoms with E-state index in [1.165, 1.54) is 6.21 Å². The van der Waals surface area contributed by atoms with Gasteiger partial charge in [0, 0.05) is 10.6 Å². The molecule has 120 valence electrons. The lowest BCUT2D eigenvalue weighted by Gasteiger charge is -1.98. The predicted molar refractivity (Wildman–Crippen MR) is 95.5 cm³/mol. The minimum absolute atomic E-state index is 0.290. The van der Waals surface area contributed by atoms with Crippen molar-refractivity contribution in [3.8, 4) is 11.3 Å². The summed E-state index contributed by atoms with van der Waals surface area (Å²) in [5.74, 6) is -0.397. The maximum Gasteiger partial charge on any atom is 0.289 e. The molecule has 1 heterocycles. The summed E-state index contributed by atoms with van der Waals surface area (Å²) in [5, 5.41) is 11.9. The number of aromatic nitrogens is 2. The zero-order valence-corrected chi connectivity index (χ0v) is 13.8. The summed E-state index contributed by atoms with van der Waals surface area (Å²) >= 11 is 11.9. The first-order valence-corrected chi connectivity index (χ1v) is 7.78. The molecule has 0 aliphatic carbocycles. The summed E-state index contributed by atoms with van der Waals surface area (Å²) in [6, 6.07) is 16.0. The first-order valence-electron chi connectivity index (χ1n) is 7.03. The van der Waals surface area contributed by atoms with E-state index in [9.17, 15) is 4.79 Å². The summed E-state index contributed by atoms with van der Waals surface area (Å²) in [6.45, 7) is 0. The van der Waals surface area contributed by atoms with Gasteiger partial charge in [-0.25, -0.2) is 5.43 Å². The van der Waals surface area contributed by atoms with Crippen molar-refractivity contribution in [2.75, 3.05) is 0 Å². The van der Waals surface area contributed by atoms with Gasteiger partial charge in [-0.15, -0.1) is 0 Å². The van der Waals surface area contributed by atoms with E-state index >= 15 is 0 Å². The van der Waals surface area contributed by atoms with Crippen molar-refractivity contribution >= 4 is 35.3 Å². The molecule has 0 fully saturated rings. The Hall–Kier alpha value is -2.63. The number of rotatable bonds is 4. The summed E-state index contributed by atoms with van der Waals surface area (Å²) in [6.07, 6.45) is 1.53. The summed E-state index contributed by atoms with van der Waals surface area (Å²) in [7, 11) is 0. The average molecular weight is 359 g/mol. The third-order valence-electron chi connectivity index (χ3n) is 3.22. The second-order valence-corrected chi connectivity index (χ2v) is 5.74. The number of carbonyl (C=O) groups excluding carboxylic acids is 1. The third-order valence-corrected chi connectivity index (χ3v) is 3.80. The number of amides is 1. The molecule has 7 heteroatoms. The molecule has 0 radical (unpaired) electrons. The number of benzene rings is 2. The lowest BCUT2D eigenvalue weighted by molar-refractivity contribution is 0.0950. The first kappa shape index (κ1) is 16.2. The fourth-order valence-corrected chi connectivity index (χ4v) is 2.38. The molecular weight excluding hydrogens is 347 g/mol. The van der Waals surface area contributed by atoms with Crippen molar-refractivity contribution in [1.82, 2.24) is 15.6 Å². The van der Waals surface area contributed by atoms with Crippen LogP contribution >= 0.6 is 23.2 Å². The Kier molecular flexibility index (Phi) is 4.93. The highest BCUT2D eigenvalue weighted by molar-refractivity contribution is 6.33. The van der Waals surface area contributed by atoms with Crippen molar-refractivity contribution in [2.45, 2.75) is 0 Å². The Morgan fingerprint density at radius 1 is 1.12 bits per heavy atom. The standard InChI is InChI=1S/C17H12Cl2N4O/c18-12-7-5-11(6-8-12)10-20-23-17(24)16-9-15(21-22-16)13-3-1-2-4-14(13)19/h1-10H,(H,21,22)(H,23,24)/b20-10+. The smallest absolute Gasteiger partial charge is 0.272 e. The van der Waals surface area contributed by atoms with Gasteiger partial charge in [0.15, 0.2) is 0 Å². The van der Waals surface area contributed by atoms with Gasteiger partial charge >= 0.3 is 0 Å². The lowest BCUT2D eigenvalue weighted by atomic mass is 10.1. The fraction of sp³-hybridized carbons (Fsp3) is 0. The first-order chi connectivity index (χ1) is 11.6. The van der Waals surface area contributed by atoms with Gasteiger partial charge in [-0.05, 0) is 29.8 Å². The number of halogens is 2. The van der Waals surface area contributed by atoms with E-state index in [0.29, 0.717) is 15.7 Å². The number of H-pyrrole nitrogens is 1. The average Bonchev–Trinajstić information content (AvgIpc) is 3.07. The molecule has 0 saturated carbocycles. The van der Waals surface area contributed by atoms with Gasteiger partial charge < -0.3 is 0 Å². The summed E-state index contributed by atoms with van der Waals surface area (Å²) < 4.78 is 0. The quantitative estimate of drug-likeness (QED) is 0.543. The Balaban J connectivity index is 1.68. The van der Waals surface area contributed by atoms with E-state index in [-0.39, 0.29) is 5.69 Å². The number of nitrogens with one attached hydrogen (secondary N) is 2. The normalized spacial score (nSPS) is 10.9. The summed E-state index contributed by atoms with van der Waals surface area (Å²) in [5.41, 5.74) is 4.88. The Labute approximate surface area is 148 Å². The van der Waals surface area contributed by atoms with Gasteiger partial charge in [0.05, 0.1) is 16.9 Å². The number of aromatic amines is 1. The number of carbonyl (C=O) groups is 1. The largest absolute Gasteiger partial charge is 0.289 e. The van der Waals surface area contributed by atoms with Crippen LogP contribution in [0.5, 0.6) is 0 Å². The van der Waals surface area contributed by atoms with Crippen molar-refractivity contribution in [3.05, 3.63) is 75.9 Å². The highest BCUT2D eigenvalue weighted by Crippen LogP contribution is 2.26. The Bertz CT molecular complexity index is 888. The molecule has 3 rings (SSSR count). The Morgan fingerprint density at radius 2 is 1.88 bits per heavy atom. The molecule has 0 atom stereocenters. The van der Waals surface area contributed by atoms with Crippen LogP contribution in [0.25, 0.3) is 11.3 Å². The third kappa shape index (κ3) is 3.82. The van der Waals surface area contributed by atoms with Crippen LogP contribution < -0.4 is 5.43 Å². The minimum atomic E-state index is -0.397. The number of nitrogens with zero attached hydrogens (tertiary/aromatic N) is 2. The van der Waals surface area contributed by atoms with Crippen molar-refractivity contribution in [2.24, 2.45) is 5.10 Å². The molecule has 0 unspecified atom stereocenters. The molecular formula is C17H12Cl2N4O. The van der Waals surface area contributed by atoms with Gasteiger partial charge in [0.1, 0.15) is 5.69 Å². The predicted octanol–water partition coefficient (Wildman–Crippen LogP) is 4.15. The molecule has 24 heavy (non-hydrogen) atoms. The maximum absolute atomic E-state index is 12.1. The molecule has 0 spiro atoms. The van der Waals surface area contributed by atoms with Crippen LogP contribution in [0, 0.1) is 0 Å². The molecule has 3 aromatic rings. The SMILES string of the molecule is O=C(N/N=C/c1ccc(Cl)cc1)c1cc(-c2ccccc2Cl)n[nH]1. The number of hydrazone groups is 1. The van der Waals surface area contributed by atoms with Crippen molar-refractivity contribution < 1.29 is 4.79 Å². The highest BCUT2D eigenvalue weighted by atomic mass is 35.5. The molecule has 1 amide bonds. The number of hydrogen-bond acceptors (Lipinski definition) is 3. The topological polar surface area (TPSA) is 70.1 Å². The minimum Gasteiger partial charge on any atom is -0.272 e. The molecule has 0 bridgehead atoms. The van der Waals surface area contributed by atoms with Crippen LogP contribution in [0.1, 0.15) is 16.1 Å². The summed E-state index contributed by atoms with van der Waals surface area (Å²) in [4.78, 5) is 12.1. The number of hydrogen-bond donors (Lipinski definition) is 2. The van der Waals surface area contributed by atoms with Gasteiger partial charge in [-0.2, -0.15) is 10.2 Å². The van der Waals surface area contributed by atoms with Crippen LogP contribution in [0.15, 0.2) is 59.7 Å². The van der Waals surface area contributed by atoms with Crippen LogP contribution in [-0.2, 0) is 0 Å². The Morgan fingerprint density at radius 3 is 2.62 bits per heavy atom. The molecule has 0 aliphatic heterocycles. The van der Waals surface area contributed by atoms with Gasteiger partial charge in [-0.1, -0.05) is 53.5 Å². The monoisotopic (exact) mass is 358 g/mol. The highest BCUT2D eigenvalue weighted by Gasteiger charge is 2.12.